The van der Waals surface area contributed by atoms with Crippen LogP contribution in [0.2, 0.25) is 0 Å². The van der Waals surface area contributed by atoms with Crippen LogP contribution in [-0.4, -0.2) is 27.2 Å². The third kappa shape index (κ3) is 3.32. The fourth-order valence-corrected chi connectivity index (χ4v) is 2.35. The van der Waals surface area contributed by atoms with Gasteiger partial charge < -0.3 is 0 Å². The average molecular weight is 304 g/mol. The van der Waals surface area contributed by atoms with Crippen LogP contribution in [0.25, 0.3) is 0 Å². The predicted molar refractivity (Wildman–Crippen MR) is 70.9 cm³/mol. The molecule has 3 nitrogen and oxygen atoms in total. The molecule has 1 aliphatic heterocycles. The number of thiocarbonyl (C=S) groups is 1. The van der Waals surface area contributed by atoms with Gasteiger partial charge in [0.1, 0.15) is 0 Å². The van der Waals surface area contributed by atoms with E-state index in [1.807, 2.05) is 0 Å². The molecule has 0 radical (unpaired) electrons. The first kappa shape index (κ1) is 14.0. The van der Waals surface area contributed by atoms with Crippen molar-refractivity contribution in [3.05, 3.63) is 35.4 Å². The minimum Gasteiger partial charge on any atom is -0.272 e. The SMILES string of the molecule is O=C1CSC(=S)N1N=Cc1cccc(C(F)(F)F)c1. The molecule has 0 unspecified atom stereocenters. The number of hydrazone groups is 1. The Kier molecular flexibility index (Phi) is 3.91. The van der Waals surface area contributed by atoms with Crippen molar-refractivity contribution in [3.8, 4) is 0 Å². The lowest BCUT2D eigenvalue weighted by Gasteiger charge is -2.08. The number of hydrogen-bond acceptors (Lipinski definition) is 4. The molecule has 2 rings (SSSR count). The largest absolute Gasteiger partial charge is 0.416 e. The summed E-state index contributed by atoms with van der Waals surface area (Å²) < 4.78 is 37.8. The minimum atomic E-state index is -4.40. The van der Waals surface area contributed by atoms with Crippen molar-refractivity contribution in [3.63, 3.8) is 0 Å². The number of benzene rings is 1. The van der Waals surface area contributed by atoms with Crippen molar-refractivity contribution >= 4 is 40.4 Å². The molecule has 0 atom stereocenters. The van der Waals surface area contributed by atoms with E-state index in [4.69, 9.17) is 12.2 Å². The van der Waals surface area contributed by atoms with Gasteiger partial charge in [0.05, 0.1) is 17.5 Å². The number of thioether (sulfide) groups is 1. The predicted octanol–water partition coefficient (Wildman–Crippen LogP) is 2.90. The van der Waals surface area contributed by atoms with Crippen molar-refractivity contribution < 1.29 is 18.0 Å². The van der Waals surface area contributed by atoms with Gasteiger partial charge in [-0.15, -0.1) is 0 Å². The molecule has 0 saturated carbocycles. The summed E-state index contributed by atoms with van der Waals surface area (Å²) in [7, 11) is 0. The summed E-state index contributed by atoms with van der Waals surface area (Å²) >= 11 is 6.06. The monoisotopic (exact) mass is 304 g/mol. The van der Waals surface area contributed by atoms with Crippen molar-refractivity contribution in [1.29, 1.82) is 0 Å². The maximum absolute atomic E-state index is 12.5. The van der Waals surface area contributed by atoms with Crippen molar-refractivity contribution in [2.75, 3.05) is 5.75 Å². The van der Waals surface area contributed by atoms with Gasteiger partial charge >= 0.3 is 6.18 Å². The van der Waals surface area contributed by atoms with Gasteiger partial charge in [0.2, 0.25) is 0 Å². The molecule has 0 bridgehead atoms. The molecule has 1 fully saturated rings. The van der Waals surface area contributed by atoms with E-state index in [1.165, 1.54) is 30.1 Å². The van der Waals surface area contributed by atoms with Crippen molar-refractivity contribution in [1.82, 2.24) is 5.01 Å². The molecule has 100 valence electrons. The van der Waals surface area contributed by atoms with Crippen LogP contribution in [0.3, 0.4) is 0 Å². The van der Waals surface area contributed by atoms with Crippen LogP contribution in [0.5, 0.6) is 0 Å². The number of nitrogens with zero attached hydrogens (tertiary/aromatic N) is 2. The molecule has 1 saturated heterocycles. The van der Waals surface area contributed by atoms with Crippen molar-refractivity contribution in [2.45, 2.75) is 6.18 Å². The molecular weight excluding hydrogens is 297 g/mol. The zero-order valence-corrected chi connectivity index (χ0v) is 11.0. The number of amides is 1. The van der Waals surface area contributed by atoms with E-state index in [1.54, 1.807) is 0 Å². The maximum atomic E-state index is 12.5. The third-order valence-electron chi connectivity index (χ3n) is 2.26. The molecule has 1 heterocycles. The molecule has 0 spiro atoms. The third-order valence-corrected chi connectivity index (χ3v) is 3.60. The van der Waals surface area contributed by atoms with Gasteiger partial charge in [0.15, 0.2) is 4.32 Å². The minimum absolute atomic E-state index is 0.207. The second-order valence-electron chi connectivity index (χ2n) is 3.63. The zero-order chi connectivity index (χ0) is 14.0. The van der Waals surface area contributed by atoms with Crippen LogP contribution < -0.4 is 0 Å². The number of carbonyl (C=O) groups is 1. The Balaban J connectivity index is 2.20. The first-order chi connectivity index (χ1) is 8.88. The van der Waals surface area contributed by atoms with Gasteiger partial charge in [-0.05, 0) is 17.7 Å². The Hall–Kier alpha value is -1.41. The summed E-state index contributed by atoms with van der Waals surface area (Å²) in [5, 5.41) is 4.82. The van der Waals surface area contributed by atoms with Crippen LogP contribution in [0.1, 0.15) is 11.1 Å². The molecule has 1 amide bonds. The van der Waals surface area contributed by atoms with Gasteiger partial charge in [-0.3, -0.25) is 4.79 Å². The average Bonchev–Trinajstić information content (AvgIpc) is 2.66. The van der Waals surface area contributed by atoms with Crippen molar-refractivity contribution in [2.24, 2.45) is 5.10 Å². The Morgan fingerprint density at radius 2 is 2.16 bits per heavy atom. The van der Waals surface area contributed by atoms with Crippen LogP contribution in [-0.2, 0) is 11.0 Å². The summed E-state index contributed by atoms with van der Waals surface area (Å²) in [6.07, 6.45) is -3.22. The van der Waals surface area contributed by atoms with Gasteiger partial charge in [-0.1, -0.05) is 36.1 Å². The summed E-state index contributed by atoms with van der Waals surface area (Å²) in [4.78, 5) is 11.4. The first-order valence-electron chi connectivity index (χ1n) is 5.09. The van der Waals surface area contributed by atoms with Crippen LogP contribution in [0, 0.1) is 0 Å². The quantitative estimate of drug-likeness (QED) is 0.622. The lowest BCUT2D eigenvalue weighted by Crippen LogP contribution is -2.22. The van der Waals surface area contributed by atoms with E-state index in [9.17, 15) is 18.0 Å². The standard InChI is InChI=1S/C11H7F3N2OS2/c12-11(13,14)8-3-1-2-7(4-8)5-15-16-9(17)6-19-10(16)18/h1-5H,6H2. The lowest BCUT2D eigenvalue weighted by molar-refractivity contribution is -0.137. The summed E-state index contributed by atoms with van der Waals surface area (Å²) in [5.74, 6) is -0.0723. The van der Waals surface area contributed by atoms with E-state index >= 15 is 0 Å². The van der Waals surface area contributed by atoms with E-state index in [0.29, 0.717) is 4.32 Å². The topological polar surface area (TPSA) is 32.7 Å². The fraction of sp³-hybridized carbons (Fsp3) is 0.182. The Morgan fingerprint density at radius 3 is 2.74 bits per heavy atom. The summed E-state index contributed by atoms with van der Waals surface area (Å²) in [6, 6.07) is 4.68. The molecule has 0 aromatic heterocycles. The van der Waals surface area contributed by atoms with E-state index in [2.05, 4.69) is 5.10 Å². The maximum Gasteiger partial charge on any atom is 0.416 e. The molecule has 8 heteroatoms. The zero-order valence-electron chi connectivity index (χ0n) is 9.35. The fourth-order valence-electron chi connectivity index (χ4n) is 1.38. The number of halogens is 3. The molecule has 1 aliphatic rings. The molecular formula is C11H7F3N2OS2. The van der Waals surface area contributed by atoms with Crippen LogP contribution >= 0.6 is 24.0 Å². The van der Waals surface area contributed by atoms with E-state index < -0.39 is 11.7 Å². The highest BCUT2D eigenvalue weighted by atomic mass is 32.2. The number of alkyl halides is 3. The number of hydrogen-bond donors (Lipinski definition) is 0. The lowest BCUT2D eigenvalue weighted by atomic mass is 10.1. The molecule has 0 N–H and O–H groups in total. The van der Waals surface area contributed by atoms with Gasteiger partial charge in [0.25, 0.3) is 5.91 Å². The van der Waals surface area contributed by atoms with E-state index in [0.717, 1.165) is 17.1 Å². The smallest absolute Gasteiger partial charge is 0.272 e. The Morgan fingerprint density at radius 1 is 1.42 bits per heavy atom. The molecule has 0 aliphatic carbocycles. The summed E-state index contributed by atoms with van der Waals surface area (Å²) in [6.45, 7) is 0. The van der Waals surface area contributed by atoms with E-state index in [-0.39, 0.29) is 17.2 Å². The highest BCUT2D eigenvalue weighted by Crippen LogP contribution is 2.29. The Labute approximate surface area is 116 Å². The van der Waals surface area contributed by atoms with Crippen LogP contribution in [0.4, 0.5) is 13.2 Å². The normalized spacial score (nSPS) is 16.7. The first-order valence-corrected chi connectivity index (χ1v) is 6.48. The summed E-state index contributed by atoms with van der Waals surface area (Å²) in [5.41, 5.74) is -0.511. The number of carbonyl (C=O) groups excluding carboxylic acids is 1. The van der Waals surface area contributed by atoms with Gasteiger partial charge in [0, 0.05) is 0 Å². The van der Waals surface area contributed by atoms with Gasteiger partial charge in [-0.25, -0.2) is 0 Å². The van der Waals surface area contributed by atoms with Crippen LogP contribution in [0.15, 0.2) is 29.4 Å². The second-order valence-corrected chi connectivity index (χ2v) is 5.24. The second kappa shape index (κ2) is 5.30. The number of rotatable bonds is 2. The molecule has 19 heavy (non-hydrogen) atoms. The highest BCUT2D eigenvalue weighted by molar-refractivity contribution is 8.23. The van der Waals surface area contributed by atoms with Gasteiger partial charge in [-0.2, -0.15) is 23.3 Å². The molecule has 1 aromatic rings. The highest BCUT2D eigenvalue weighted by Gasteiger charge is 2.30. The molecule has 1 aromatic carbocycles. The Bertz CT molecular complexity index is 541.